The first-order valence-electron chi connectivity index (χ1n) is 5.35. The van der Waals surface area contributed by atoms with E-state index in [1.54, 1.807) is 0 Å². The molecule has 112 valence electrons. The quantitative estimate of drug-likeness (QED) is 0.683. The van der Waals surface area contributed by atoms with Crippen molar-refractivity contribution in [2.24, 2.45) is 5.73 Å². The van der Waals surface area contributed by atoms with Gasteiger partial charge in [0.2, 0.25) is 0 Å². The summed E-state index contributed by atoms with van der Waals surface area (Å²) in [5, 5.41) is 0. The number of halogens is 5. The van der Waals surface area contributed by atoms with E-state index in [2.05, 4.69) is 9.72 Å². The molecule has 20 heavy (non-hydrogen) atoms. The van der Waals surface area contributed by atoms with Crippen LogP contribution in [0.3, 0.4) is 0 Å². The molecule has 0 saturated carbocycles. The third-order valence-electron chi connectivity index (χ3n) is 2.48. The number of carbonyl (C=O) groups excluding carboxylic acids is 1. The van der Waals surface area contributed by atoms with E-state index in [4.69, 9.17) is 5.73 Å². The molecular weight excluding hydrogens is 287 g/mol. The Morgan fingerprint density at radius 1 is 1.45 bits per heavy atom. The summed E-state index contributed by atoms with van der Waals surface area (Å²) in [6.07, 6.45) is -8.88. The van der Waals surface area contributed by atoms with Crippen molar-refractivity contribution in [1.82, 2.24) is 4.98 Å². The molecule has 0 saturated heterocycles. The molecular formula is C11H11F5N2O2. The predicted octanol–water partition coefficient (Wildman–Crippen LogP) is 2.21. The van der Waals surface area contributed by atoms with Gasteiger partial charge in [-0.05, 0) is 11.6 Å². The Bertz CT molecular complexity index is 502. The van der Waals surface area contributed by atoms with E-state index in [1.165, 1.54) is 0 Å². The van der Waals surface area contributed by atoms with Crippen LogP contribution < -0.4 is 5.73 Å². The SMILES string of the molecule is COC(=O)Cc1cc(C(F)F)c(C(F)(F)F)nc1CN. The van der Waals surface area contributed by atoms with Gasteiger partial charge in [-0.3, -0.25) is 4.79 Å². The lowest BCUT2D eigenvalue weighted by molar-refractivity contribution is -0.143. The predicted molar refractivity (Wildman–Crippen MR) is 57.8 cm³/mol. The summed E-state index contributed by atoms with van der Waals surface area (Å²) in [7, 11) is 1.07. The van der Waals surface area contributed by atoms with Crippen LogP contribution in [0.15, 0.2) is 6.07 Å². The Kier molecular flexibility index (Phi) is 4.98. The summed E-state index contributed by atoms with van der Waals surface area (Å²) in [5.74, 6) is -0.790. The van der Waals surface area contributed by atoms with Gasteiger partial charge < -0.3 is 10.5 Å². The Hall–Kier alpha value is -1.77. The molecule has 1 heterocycles. The number of pyridine rings is 1. The molecule has 0 fully saturated rings. The van der Waals surface area contributed by atoms with E-state index in [9.17, 15) is 26.7 Å². The maximum atomic E-state index is 12.7. The zero-order chi connectivity index (χ0) is 15.5. The third-order valence-corrected chi connectivity index (χ3v) is 2.48. The number of esters is 1. The smallest absolute Gasteiger partial charge is 0.433 e. The van der Waals surface area contributed by atoms with Gasteiger partial charge in [-0.15, -0.1) is 0 Å². The Balaban J connectivity index is 3.41. The molecule has 0 radical (unpaired) electrons. The molecule has 0 unspecified atom stereocenters. The van der Waals surface area contributed by atoms with Gasteiger partial charge in [-0.1, -0.05) is 0 Å². The second-order valence-electron chi connectivity index (χ2n) is 3.79. The van der Waals surface area contributed by atoms with Gasteiger partial charge >= 0.3 is 12.1 Å². The van der Waals surface area contributed by atoms with Gasteiger partial charge in [0, 0.05) is 12.1 Å². The monoisotopic (exact) mass is 298 g/mol. The number of alkyl halides is 5. The second kappa shape index (κ2) is 6.12. The van der Waals surface area contributed by atoms with Gasteiger partial charge in [0.05, 0.1) is 19.2 Å². The molecule has 0 amide bonds. The maximum Gasteiger partial charge on any atom is 0.433 e. The molecule has 0 aliphatic carbocycles. The molecule has 4 nitrogen and oxygen atoms in total. The molecule has 0 aliphatic heterocycles. The number of nitrogens with two attached hydrogens (primary N) is 1. The first-order valence-corrected chi connectivity index (χ1v) is 5.35. The van der Waals surface area contributed by atoms with Gasteiger partial charge in [-0.2, -0.15) is 13.2 Å². The lowest BCUT2D eigenvalue weighted by Gasteiger charge is -2.15. The molecule has 0 atom stereocenters. The number of methoxy groups -OCH3 is 1. The normalized spacial score (nSPS) is 11.8. The van der Waals surface area contributed by atoms with Gasteiger partial charge in [0.15, 0.2) is 5.69 Å². The lowest BCUT2D eigenvalue weighted by atomic mass is 10.0. The fourth-order valence-electron chi connectivity index (χ4n) is 1.56. The van der Waals surface area contributed by atoms with Crippen LogP contribution in [0.2, 0.25) is 0 Å². The topological polar surface area (TPSA) is 65.2 Å². The van der Waals surface area contributed by atoms with Gasteiger partial charge in [0.25, 0.3) is 6.43 Å². The zero-order valence-corrected chi connectivity index (χ0v) is 10.3. The van der Waals surface area contributed by atoms with Crippen molar-refractivity contribution in [1.29, 1.82) is 0 Å². The number of aromatic nitrogens is 1. The molecule has 0 aliphatic rings. The van der Waals surface area contributed by atoms with E-state index >= 15 is 0 Å². The number of rotatable bonds is 4. The number of ether oxygens (including phenoxy) is 1. The highest BCUT2D eigenvalue weighted by Gasteiger charge is 2.38. The summed E-state index contributed by atoms with van der Waals surface area (Å²) in [6.45, 7) is -0.418. The highest BCUT2D eigenvalue weighted by molar-refractivity contribution is 5.72. The summed E-state index contributed by atoms with van der Waals surface area (Å²) in [4.78, 5) is 14.2. The Morgan fingerprint density at radius 3 is 2.45 bits per heavy atom. The van der Waals surface area contributed by atoms with Crippen LogP contribution in [0.4, 0.5) is 22.0 Å². The summed E-state index contributed by atoms with van der Waals surface area (Å²) in [6, 6.07) is 0.597. The third kappa shape index (κ3) is 3.62. The van der Waals surface area contributed by atoms with Crippen LogP contribution in [0.1, 0.15) is 28.9 Å². The molecule has 2 N–H and O–H groups in total. The van der Waals surface area contributed by atoms with Crippen LogP contribution in [0, 0.1) is 0 Å². The van der Waals surface area contributed by atoms with Crippen molar-refractivity contribution in [3.63, 3.8) is 0 Å². The van der Waals surface area contributed by atoms with Gasteiger partial charge in [0.1, 0.15) is 0 Å². The van der Waals surface area contributed by atoms with Crippen molar-refractivity contribution in [3.05, 3.63) is 28.6 Å². The first kappa shape index (κ1) is 16.3. The lowest BCUT2D eigenvalue weighted by Crippen LogP contribution is -2.18. The second-order valence-corrected chi connectivity index (χ2v) is 3.79. The molecule has 9 heteroatoms. The van der Waals surface area contributed by atoms with Crippen molar-refractivity contribution in [3.8, 4) is 0 Å². The molecule has 0 spiro atoms. The van der Waals surface area contributed by atoms with Crippen molar-refractivity contribution >= 4 is 5.97 Å². The largest absolute Gasteiger partial charge is 0.469 e. The zero-order valence-electron chi connectivity index (χ0n) is 10.3. The summed E-state index contributed by atoms with van der Waals surface area (Å²) in [5.41, 5.74) is 1.88. The fourth-order valence-corrected chi connectivity index (χ4v) is 1.56. The van der Waals surface area contributed by atoms with E-state index in [-0.39, 0.29) is 11.3 Å². The number of hydrogen-bond donors (Lipinski definition) is 1. The highest BCUT2D eigenvalue weighted by Crippen LogP contribution is 2.36. The van der Waals surface area contributed by atoms with Crippen molar-refractivity contribution in [2.45, 2.75) is 25.6 Å². The maximum absolute atomic E-state index is 12.7. The van der Waals surface area contributed by atoms with Crippen LogP contribution >= 0.6 is 0 Å². The van der Waals surface area contributed by atoms with Gasteiger partial charge in [-0.25, -0.2) is 13.8 Å². The average Bonchev–Trinajstić information content (AvgIpc) is 2.36. The standard InChI is InChI=1S/C11H11F5N2O2/c1-20-8(19)3-5-2-6(10(12)13)9(11(14,15)16)18-7(5)4-17/h2,10H,3-4,17H2,1H3. The average molecular weight is 298 g/mol. The van der Waals surface area contributed by atoms with Crippen molar-refractivity contribution in [2.75, 3.05) is 7.11 Å². The molecule has 1 aromatic rings. The van der Waals surface area contributed by atoms with E-state index in [0.717, 1.165) is 7.11 Å². The molecule has 0 bridgehead atoms. The van der Waals surface area contributed by atoms with E-state index in [1.807, 2.05) is 0 Å². The van der Waals surface area contributed by atoms with Crippen molar-refractivity contribution < 1.29 is 31.5 Å². The highest BCUT2D eigenvalue weighted by atomic mass is 19.4. The Morgan fingerprint density at radius 2 is 2.05 bits per heavy atom. The molecule has 1 rings (SSSR count). The Labute approximate surface area is 110 Å². The fraction of sp³-hybridized carbons (Fsp3) is 0.455. The van der Waals surface area contributed by atoms with Crippen LogP contribution in [0.5, 0.6) is 0 Å². The summed E-state index contributed by atoms with van der Waals surface area (Å²) < 4.78 is 67.7. The number of hydrogen-bond acceptors (Lipinski definition) is 4. The minimum atomic E-state index is -5.03. The van der Waals surface area contributed by atoms with Crippen LogP contribution in [-0.2, 0) is 28.7 Å². The number of nitrogens with zero attached hydrogens (tertiary/aromatic N) is 1. The number of carbonyl (C=O) groups is 1. The minimum Gasteiger partial charge on any atom is -0.469 e. The van der Waals surface area contributed by atoms with Crippen LogP contribution in [0.25, 0.3) is 0 Å². The first-order chi connectivity index (χ1) is 9.20. The van der Waals surface area contributed by atoms with E-state index in [0.29, 0.717) is 6.07 Å². The molecule has 0 aromatic carbocycles. The van der Waals surface area contributed by atoms with E-state index < -0.39 is 42.8 Å². The summed E-state index contributed by atoms with van der Waals surface area (Å²) >= 11 is 0. The minimum absolute atomic E-state index is 0.109. The van der Waals surface area contributed by atoms with Crippen LogP contribution in [-0.4, -0.2) is 18.1 Å². The molecule has 1 aromatic heterocycles.